The van der Waals surface area contributed by atoms with Crippen LogP contribution in [0.15, 0.2) is 53.5 Å². The van der Waals surface area contributed by atoms with Gasteiger partial charge in [-0.15, -0.1) is 0 Å². The largest absolute Gasteiger partial charge is 0.484 e. The number of halogens is 1. The summed E-state index contributed by atoms with van der Waals surface area (Å²) in [6.07, 6.45) is 1.87. The van der Waals surface area contributed by atoms with Crippen molar-refractivity contribution in [1.82, 2.24) is 15.3 Å². The van der Waals surface area contributed by atoms with Crippen molar-refractivity contribution in [2.45, 2.75) is 26.4 Å². The van der Waals surface area contributed by atoms with Crippen LogP contribution in [0.5, 0.6) is 5.75 Å². The number of aliphatic imine (C=N–C) groups is 1. The van der Waals surface area contributed by atoms with E-state index in [9.17, 15) is 4.79 Å². The molecule has 8 heteroatoms. The number of ether oxygens (including phenoxy) is 1. The molecule has 1 aliphatic rings. The predicted molar refractivity (Wildman–Crippen MR) is 122 cm³/mol. The minimum Gasteiger partial charge on any atom is -0.484 e. The van der Waals surface area contributed by atoms with Crippen molar-refractivity contribution in [3.63, 3.8) is 0 Å². The molecule has 31 heavy (non-hydrogen) atoms. The zero-order chi connectivity index (χ0) is 21.8. The summed E-state index contributed by atoms with van der Waals surface area (Å²) in [5.74, 6) is 1.40. The molecule has 0 fully saturated rings. The Bertz CT molecular complexity index is 1150. The fourth-order valence-electron chi connectivity index (χ4n) is 3.18. The number of hydrogen-bond donors (Lipinski definition) is 2. The Hall–Kier alpha value is -3.45. The predicted octanol–water partition coefficient (Wildman–Crippen LogP) is 4.38. The molecular formula is C23H22ClN5O2. The first-order valence-electron chi connectivity index (χ1n) is 9.93. The number of nitrogens with zero attached hydrogens (tertiary/aromatic N) is 3. The van der Waals surface area contributed by atoms with Gasteiger partial charge in [-0.3, -0.25) is 9.79 Å². The maximum absolute atomic E-state index is 11.8. The molecule has 7 nitrogen and oxygen atoms in total. The molecule has 0 saturated heterocycles. The van der Waals surface area contributed by atoms with Gasteiger partial charge in [0.1, 0.15) is 16.7 Å². The molecule has 0 saturated carbocycles. The van der Waals surface area contributed by atoms with Crippen LogP contribution in [0.1, 0.15) is 25.0 Å². The van der Waals surface area contributed by atoms with E-state index in [1.54, 1.807) is 18.2 Å². The lowest BCUT2D eigenvalue weighted by molar-refractivity contribution is -0.123. The van der Waals surface area contributed by atoms with Crippen LogP contribution in [0.25, 0.3) is 11.4 Å². The van der Waals surface area contributed by atoms with E-state index in [4.69, 9.17) is 16.3 Å². The maximum Gasteiger partial charge on any atom is 0.258 e. The van der Waals surface area contributed by atoms with Gasteiger partial charge >= 0.3 is 0 Å². The van der Waals surface area contributed by atoms with Crippen molar-refractivity contribution in [1.29, 1.82) is 0 Å². The summed E-state index contributed by atoms with van der Waals surface area (Å²) in [4.78, 5) is 25.0. The molecule has 2 aromatic carbocycles. The molecular weight excluding hydrogens is 414 g/mol. The summed E-state index contributed by atoms with van der Waals surface area (Å²) in [5.41, 5.74) is 3.91. The minimum absolute atomic E-state index is 0.0613. The van der Waals surface area contributed by atoms with Crippen molar-refractivity contribution in [2.24, 2.45) is 4.99 Å². The summed E-state index contributed by atoms with van der Waals surface area (Å²) >= 11 is 6.25. The number of fused-ring (bicyclic) bond motifs is 1. The standard InChI is InChI=1S/C23H22ClN5O2/c1-14(2)26-22(30)13-31-19-5-3-4-15(9-19)23-28-20(24)10-21(29-23)27-18-7-6-16-11-25-12-17(16)8-18/h3-10,12,14H,11,13H2,1-2H3,(H,26,30)(H,27,28,29). The molecule has 4 rings (SSSR count). The molecule has 0 unspecified atom stereocenters. The van der Waals surface area contributed by atoms with E-state index in [2.05, 4.69) is 25.6 Å². The van der Waals surface area contributed by atoms with Crippen molar-refractivity contribution in [3.05, 3.63) is 64.8 Å². The van der Waals surface area contributed by atoms with E-state index in [-0.39, 0.29) is 18.6 Å². The van der Waals surface area contributed by atoms with Gasteiger partial charge in [-0.1, -0.05) is 29.8 Å². The van der Waals surface area contributed by atoms with E-state index >= 15 is 0 Å². The Balaban J connectivity index is 1.51. The van der Waals surface area contributed by atoms with Gasteiger partial charge in [0.15, 0.2) is 12.4 Å². The maximum atomic E-state index is 11.8. The highest BCUT2D eigenvalue weighted by Gasteiger charge is 2.11. The van der Waals surface area contributed by atoms with Crippen LogP contribution in [-0.2, 0) is 11.3 Å². The molecule has 0 atom stereocenters. The van der Waals surface area contributed by atoms with E-state index in [1.165, 1.54) is 5.56 Å². The third-order valence-corrected chi connectivity index (χ3v) is 4.71. The highest BCUT2D eigenvalue weighted by Crippen LogP contribution is 2.26. The summed E-state index contributed by atoms with van der Waals surface area (Å²) in [5, 5.41) is 6.38. The van der Waals surface area contributed by atoms with Crippen molar-refractivity contribution >= 4 is 35.2 Å². The highest BCUT2D eigenvalue weighted by atomic mass is 35.5. The first-order valence-corrected chi connectivity index (χ1v) is 10.3. The second kappa shape index (κ2) is 9.14. The Labute approximate surface area is 185 Å². The lowest BCUT2D eigenvalue weighted by atomic mass is 10.1. The van der Waals surface area contributed by atoms with Gasteiger partial charge in [0.05, 0.1) is 6.54 Å². The smallest absolute Gasteiger partial charge is 0.258 e. The molecule has 2 heterocycles. The van der Waals surface area contributed by atoms with E-state index in [1.807, 2.05) is 50.4 Å². The van der Waals surface area contributed by atoms with Crippen molar-refractivity contribution < 1.29 is 9.53 Å². The quantitative estimate of drug-likeness (QED) is 0.538. The second-order valence-electron chi connectivity index (χ2n) is 7.45. The SMILES string of the molecule is CC(C)NC(=O)COc1cccc(-c2nc(Cl)cc(Nc3ccc4c(c3)C=NC4)n2)c1. The molecule has 3 aromatic rings. The van der Waals surface area contributed by atoms with E-state index in [0.29, 0.717) is 22.5 Å². The molecule has 158 valence electrons. The fourth-order valence-corrected chi connectivity index (χ4v) is 3.36. The normalized spacial score (nSPS) is 12.0. The molecule has 0 radical (unpaired) electrons. The first kappa shape index (κ1) is 20.8. The average molecular weight is 436 g/mol. The van der Waals surface area contributed by atoms with Crippen LogP contribution in [-0.4, -0.2) is 34.7 Å². The number of aromatic nitrogens is 2. The Morgan fingerprint density at radius 1 is 1.16 bits per heavy atom. The fraction of sp³-hybridized carbons (Fsp3) is 0.217. The number of anilines is 2. The van der Waals surface area contributed by atoms with Crippen molar-refractivity contribution in [3.8, 4) is 17.1 Å². The van der Waals surface area contributed by atoms with Crippen LogP contribution in [0.2, 0.25) is 5.15 Å². The molecule has 0 spiro atoms. The van der Waals surface area contributed by atoms with Gasteiger partial charge in [0, 0.05) is 29.6 Å². The highest BCUT2D eigenvalue weighted by molar-refractivity contribution is 6.29. The van der Waals surface area contributed by atoms with Crippen LogP contribution in [0.3, 0.4) is 0 Å². The van der Waals surface area contributed by atoms with E-state index in [0.717, 1.165) is 23.4 Å². The minimum atomic E-state index is -0.176. The number of hydrogen-bond acceptors (Lipinski definition) is 6. The van der Waals surface area contributed by atoms with Crippen LogP contribution < -0.4 is 15.4 Å². The second-order valence-corrected chi connectivity index (χ2v) is 7.83. The molecule has 2 N–H and O–H groups in total. The average Bonchev–Trinajstić information content (AvgIpc) is 3.19. The molecule has 1 aromatic heterocycles. The van der Waals surface area contributed by atoms with Gasteiger partial charge in [-0.05, 0) is 49.2 Å². The van der Waals surface area contributed by atoms with Crippen LogP contribution >= 0.6 is 11.6 Å². The number of rotatable bonds is 7. The third-order valence-electron chi connectivity index (χ3n) is 4.52. The topological polar surface area (TPSA) is 88.5 Å². The van der Waals surface area contributed by atoms with E-state index < -0.39 is 0 Å². The number of nitrogens with one attached hydrogen (secondary N) is 2. The zero-order valence-corrected chi connectivity index (χ0v) is 18.0. The van der Waals surface area contributed by atoms with Gasteiger partial charge in [-0.2, -0.15) is 0 Å². The van der Waals surface area contributed by atoms with Crippen LogP contribution in [0.4, 0.5) is 11.5 Å². The van der Waals surface area contributed by atoms with Crippen molar-refractivity contribution in [2.75, 3.05) is 11.9 Å². The summed E-state index contributed by atoms with van der Waals surface area (Å²) in [6.45, 7) is 4.46. The first-order chi connectivity index (χ1) is 15.0. The van der Waals surface area contributed by atoms with Gasteiger partial charge < -0.3 is 15.4 Å². The Kier molecular flexibility index (Phi) is 6.13. The van der Waals surface area contributed by atoms with Gasteiger partial charge in [0.2, 0.25) is 0 Å². The van der Waals surface area contributed by atoms with Gasteiger partial charge in [-0.25, -0.2) is 9.97 Å². The number of benzene rings is 2. The summed E-state index contributed by atoms with van der Waals surface area (Å²) < 4.78 is 5.60. The Morgan fingerprint density at radius 2 is 2.03 bits per heavy atom. The molecule has 0 bridgehead atoms. The molecule has 0 aliphatic carbocycles. The lowest BCUT2D eigenvalue weighted by Crippen LogP contribution is -2.34. The van der Waals surface area contributed by atoms with Crippen LogP contribution in [0, 0.1) is 0 Å². The number of carbonyl (C=O) groups is 1. The monoisotopic (exact) mass is 435 g/mol. The number of amides is 1. The zero-order valence-electron chi connectivity index (χ0n) is 17.2. The van der Waals surface area contributed by atoms with Gasteiger partial charge in [0.25, 0.3) is 5.91 Å². The third kappa shape index (κ3) is 5.38. The molecule has 1 amide bonds. The summed E-state index contributed by atoms with van der Waals surface area (Å²) in [6, 6.07) is 15.0. The molecule has 1 aliphatic heterocycles. The summed E-state index contributed by atoms with van der Waals surface area (Å²) in [7, 11) is 0. The Morgan fingerprint density at radius 3 is 2.87 bits per heavy atom. The lowest BCUT2D eigenvalue weighted by Gasteiger charge is -2.11. The number of carbonyl (C=O) groups excluding carboxylic acids is 1.